The highest BCUT2D eigenvalue weighted by Gasteiger charge is 2.37. The number of aromatic nitrogens is 14. The summed E-state index contributed by atoms with van der Waals surface area (Å²) in [6, 6.07) is 38.0. The number of para-hydroxylation sites is 1. The molecule has 5 atom stereocenters. The molecular formula is C95H97F7N24O3S. The van der Waals surface area contributed by atoms with Gasteiger partial charge in [-0.15, -0.1) is 11.3 Å². The Kier molecular flexibility index (Phi) is 25.4. The van der Waals surface area contributed by atoms with Gasteiger partial charge in [0.05, 0.1) is 39.5 Å². The average molecular weight is 1790 g/mol. The molecular weight excluding hydrogens is 1690 g/mol. The molecule has 6 fully saturated rings. The van der Waals surface area contributed by atoms with Gasteiger partial charge in [-0.25, -0.2) is 38.9 Å². The molecule has 1 aliphatic carbocycles. The van der Waals surface area contributed by atoms with Crippen LogP contribution in [0.2, 0.25) is 0 Å². The molecule has 3 unspecified atom stereocenters. The van der Waals surface area contributed by atoms with E-state index in [1.807, 2.05) is 92.3 Å². The van der Waals surface area contributed by atoms with Crippen molar-refractivity contribution in [1.82, 2.24) is 95.1 Å². The van der Waals surface area contributed by atoms with Crippen molar-refractivity contribution < 1.29 is 30.7 Å². The van der Waals surface area contributed by atoms with E-state index in [0.29, 0.717) is 115 Å². The molecule has 6 aliphatic rings. The van der Waals surface area contributed by atoms with Crippen LogP contribution in [0, 0.1) is 26.6 Å². The number of piperazine rings is 2. The standard InChI is InChI=1S/C36H38FN7O.C30H30F6N8O.C29H29N9OS/c1-22-15-32(25-9-7-8-10-25)38-19-30(22)29-16-26-18-39-36(42-34(26)44(35(29)45)28-11-5-4-6-12-28)41-27-13-14-33(31(37)17-27)43-20-23(2)40-24(3)21-43;1-17-20(5-6-24(40-17)23-3-2-8-38-23)21-13-18-15-39-28(42-26(18)44(27(21)45)16-29(31,32)33)41-19-4-7-25(22(14-19)30(34,35)36)43-11-9-37-10-12-43;1-17-13-33-25(20-7-9-31-15-20)36-24(17)23-12-21-16-34-28(37-26(21)38(27(23)39)29-32-10-11-40-29)35-22-4-2-18(3-5-22)19-6-8-30-14-19/h4-6,11-19,23-25,40H,7-10,20-21H2,1-3H3,(H,39,41,42);4-7,13-15,23,37-38H,2-3,8-12,16H2,1H3,(H,39,41,42);2-5,10-13,16,19-20,30-31H,6-9,14-15H2,1H3,(H,34,35,37)/t23-,24+;;. The number of nitrogens with zero attached hydrogens (tertiary/aromatic N) is 16. The lowest BCUT2D eigenvalue weighted by Crippen LogP contribution is -2.54. The van der Waals surface area contributed by atoms with Crippen LogP contribution in [0.1, 0.15) is 134 Å². The van der Waals surface area contributed by atoms with Crippen LogP contribution < -0.4 is 69.0 Å². The van der Waals surface area contributed by atoms with Gasteiger partial charge in [-0.2, -0.15) is 41.3 Å². The summed E-state index contributed by atoms with van der Waals surface area (Å²) in [4.78, 5) is 95.9. The Morgan fingerprint density at radius 1 is 0.492 bits per heavy atom. The van der Waals surface area contributed by atoms with Crippen LogP contribution in [0.15, 0.2) is 184 Å². The van der Waals surface area contributed by atoms with E-state index in [0.717, 1.165) is 123 Å². The van der Waals surface area contributed by atoms with Crippen LogP contribution in [-0.2, 0) is 12.7 Å². The highest BCUT2D eigenvalue weighted by Crippen LogP contribution is 2.41. The van der Waals surface area contributed by atoms with Gasteiger partial charge in [-0.05, 0) is 206 Å². The Balaban J connectivity index is 0.000000131. The minimum atomic E-state index is -4.76. The summed E-state index contributed by atoms with van der Waals surface area (Å²) < 4.78 is 102. The maximum absolute atomic E-state index is 15.3. The van der Waals surface area contributed by atoms with E-state index in [-0.39, 0.29) is 80.8 Å². The third-order valence-corrected chi connectivity index (χ3v) is 25.5. The second kappa shape index (κ2) is 37.6. The zero-order valence-electron chi connectivity index (χ0n) is 72.2. The topological polar surface area (TPSA) is 311 Å². The second-order valence-electron chi connectivity index (χ2n) is 34.1. The van der Waals surface area contributed by atoms with E-state index in [4.69, 9.17) is 19.9 Å². The number of nitrogens with one attached hydrogen (secondary N) is 8. The van der Waals surface area contributed by atoms with Gasteiger partial charge >= 0.3 is 12.4 Å². The van der Waals surface area contributed by atoms with E-state index >= 15 is 4.39 Å². The van der Waals surface area contributed by atoms with Crippen molar-refractivity contribution in [2.75, 3.05) is 97.7 Å². The van der Waals surface area contributed by atoms with Gasteiger partial charge in [0.25, 0.3) is 16.7 Å². The smallest absolute Gasteiger partial charge is 0.368 e. The molecule has 0 bridgehead atoms. The van der Waals surface area contributed by atoms with Crippen LogP contribution in [-0.4, -0.2) is 159 Å². The molecule has 5 saturated heterocycles. The highest BCUT2D eigenvalue weighted by atomic mass is 32.1. The first-order valence-electron chi connectivity index (χ1n) is 44.0. The Morgan fingerprint density at radius 2 is 1.11 bits per heavy atom. The fraction of sp³-hybridized carbons (Fsp3) is 0.347. The lowest BCUT2D eigenvalue weighted by Gasteiger charge is -2.37. The van der Waals surface area contributed by atoms with Gasteiger partial charge in [-0.3, -0.25) is 33.5 Å². The van der Waals surface area contributed by atoms with E-state index in [1.54, 1.807) is 57.7 Å². The summed E-state index contributed by atoms with van der Waals surface area (Å²) in [5.74, 6) is 2.16. The number of rotatable bonds is 18. The third kappa shape index (κ3) is 19.2. The summed E-state index contributed by atoms with van der Waals surface area (Å²) in [6.07, 6.45) is 9.47. The molecule has 5 aliphatic heterocycles. The van der Waals surface area contributed by atoms with Crippen molar-refractivity contribution in [1.29, 1.82) is 0 Å². The number of aryl methyl sites for hydroxylation is 3. The number of alkyl halides is 6. The van der Waals surface area contributed by atoms with Crippen LogP contribution in [0.3, 0.4) is 0 Å². The van der Waals surface area contributed by atoms with Gasteiger partial charge < -0.3 is 52.3 Å². The Morgan fingerprint density at radius 3 is 1.72 bits per heavy atom. The van der Waals surface area contributed by atoms with Crippen LogP contribution >= 0.6 is 11.3 Å². The van der Waals surface area contributed by atoms with Gasteiger partial charge in [0, 0.05) is 192 Å². The predicted octanol–water partition coefficient (Wildman–Crippen LogP) is 16.1. The largest absolute Gasteiger partial charge is 0.418 e. The van der Waals surface area contributed by atoms with Crippen molar-refractivity contribution in [3.63, 3.8) is 0 Å². The maximum atomic E-state index is 15.3. The van der Waals surface area contributed by atoms with Crippen molar-refractivity contribution in [2.45, 2.75) is 141 Å². The quantitative estimate of drug-likeness (QED) is 0.0370. The molecule has 27 nitrogen and oxygen atoms in total. The highest BCUT2D eigenvalue weighted by molar-refractivity contribution is 7.12. The van der Waals surface area contributed by atoms with E-state index < -0.39 is 30.0 Å². The zero-order valence-corrected chi connectivity index (χ0v) is 73.0. The average Bonchev–Trinajstić information content (AvgIpc) is 1.08. The summed E-state index contributed by atoms with van der Waals surface area (Å²) >= 11 is 1.39. The summed E-state index contributed by atoms with van der Waals surface area (Å²) in [6.45, 7) is 16.4. The summed E-state index contributed by atoms with van der Waals surface area (Å²) in [5.41, 5.74) is 9.56. The molecule has 8 N–H and O–H groups in total. The van der Waals surface area contributed by atoms with Gasteiger partial charge in [-0.1, -0.05) is 49.2 Å². The first-order valence-corrected chi connectivity index (χ1v) is 44.8. The molecule has 14 aromatic rings. The normalized spacial score (nSPS) is 18.5. The number of anilines is 8. The Bertz CT molecular complexity index is 6680. The SMILES string of the molecule is Cc1cc(C2CCCC2)ncc1-c1cc2cnc(Nc3ccc(N4C[C@@H](C)N[C@@H](C)C4)c(F)c3)nc2n(-c2ccccc2)c1=O.Cc1cnc(C2CCNC2)nc1-c1cc2cnc(Nc3ccc(C4CCNC4)cc3)nc2n(-c2nccs2)c1=O.Cc1nc(C2CCCN2)ccc1-c1cc2cnc(Nc3ccc(N4CCNCC4)c(C(F)(F)F)c3)nc2n(CC(F)(F)F)c1=O. The molecule has 130 heavy (non-hydrogen) atoms. The predicted molar refractivity (Wildman–Crippen MR) is 493 cm³/mol. The molecule has 670 valence electrons. The van der Waals surface area contributed by atoms with E-state index in [2.05, 4.69) is 114 Å². The van der Waals surface area contributed by atoms with Crippen LogP contribution in [0.25, 0.3) is 77.4 Å². The van der Waals surface area contributed by atoms with Crippen molar-refractivity contribution in [3.05, 3.63) is 252 Å². The minimum absolute atomic E-state index is 0.00492. The van der Waals surface area contributed by atoms with Crippen molar-refractivity contribution in [3.8, 4) is 44.3 Å². The van der Waals surface area contributed by atoms with Gasteiger partial charge in [0.15, 0.2) is 16.4 Å². The fourth-order valence-electron chi connectivity index (χ4n) is 18.4. The molecule has 10 aromatic heterocycles. The Hall–Kier alpha value is -12.9. The van der Waals surface area contributed by atoms with E-state index in [9.17, 15) is 40.7 Å². The molecule has 0 spiro atoms. The monoisotopic (exact) mass is 1790 g/mol. The zero-order chi connectivity index (χ0) is 90.1. The molecule has 35 heteroatoms. The first kappa shape index (κ1) is 87.7. The third-order valence-electron chi connectivity index (χ3n) is 24.8. The maximum Gasteiger partial charge on any atom is 0.418 e. The summed E-state index contributed by atoms with van der Waals surface area (Å²) in [7, 11) is 0. The lowest BCUT2D eigenvalue weighted by molar-refractivity contribution is -0.140. The number of pyridine rings is 5. The number of hydrogen-bond donors (Lipinski definition) is 8. The van der Waals surface area contributed by atoms with Crippen molar-refractivity contribution in [2.24, 2.45) is 0 Å². The van der Waals surface area contributed by atoms with Crippen LogP contribution in [0.5, 0.6) is 0 Å². The second-order valence-corrected chi connectivity index (χ2v) is 35.0. The number of benzene rings is 4. The molecule has 20 rings (SSSR count). The molecule has 0 radical (unpaired) electrons. The van der Waals surface area contributed by atoms with Gasteiger partial charge in [0.2, 0.25) is 17.8 Å². The first-order chi connectivity index (χ1) is 62.8. The fourth-order valence-corrected chi connectivity index (χ4v) is 19.0. The summed E-state index contributed by atoms with van der Waals surface area (Å²) in [5, 5.41) is 29.8. The van der Waals surface area contributed by atoms with E-state index in [1.165, 1.54) is 73.0 Å². The number of hydrogen-bond acceptors (Lipinski definition) is 25. The number of thiazole rings is 1. The van der Waals surface area contributed by atoms with Gasteiger partial charge in [0.1, 0.15) is 23.8 Å². The lowest BCUT2D eigenvalue weighted by atomic mass is 9.97. The molecule has 15 heterocycles. The molecule has 1 saturated carbocycles. The van der Waals surface area contributed by atoms with Crippen molar-refractivity contribution >= 4 is 90.7 Å². The van der Waals surface area contributed by atoms with Crippen LogP contribution in [0.4, 0.5) is 77.0 Å². The molecule has 4 aromatic carbocycles. The molecule has 0 amide bonds. The minimum Gasteiger partial charge on any atom is -0.368 e. The number of fused-ring (bicyclic) bond motifs is 3. The number of halogens is 7. The Labute approximate surface area is 747 Å².